The zero-order valence-electron chi connectivity index (χ0n) is 11.1. The van der Waals surface area contributed by atoms with Crippen LogP contribution in [0.5, 0.6) is 0 Å². The Hall–Kier alpha value is -0.240. The van der Waals surface area contributed by atoms with E-state index in [2.05, 4.69) is 38.1 Å². The number of aryl methyl sites for hydroxylation is 1. The Bertz CT molecular complexity index is 354. The van der Waals surface area contributed by atoms with Gasteiger partial charge in [-0.15, -0.1) is 23.2 Å². The summed E-state index contributed by atoms with van der Waals surface area (Å²) in [6.45, 7) is 4.38. The van der Waals surface area contributed by atoms with Gasteiger partial charge in [0.05, 0.1) is 0 Å². The van der Waals surface area contributed by atoms with Gasteiger partial charge in [0, 0.05) is 17.9 Å². The van der Waals surface area contributed by atoms with Crippen LogP contribution in [-0.4, -0.2) is 23.0 Å². The van der Waals surface area contributed by atoms with Crippen molar-refractivity contribution in [2.75, 3.05) is 12.5 Å². The van der Waals surface area contributed by atoms with Gasteiger partial charge in [0.2, 0.25) is 0 Å². The number of hydrogen-bond donors (Lipinski definition) is 1. The van der Waals surface area contributed by atoms with E-state index in [1.807, 2.05) is 0 Å². The maximum absolute atomic E-state index is 9.48. The normalized spacial score (nSPS) is 16.3. The van der Waals surface area contributed by atoms with Gasteiger partial charge < -0.3 is 5.11 Å². The molecule has 0 aliphatic carbocycles. The molecule has 0 aliphatic heterocycles. The maximum Gasteiger partial charge on any atom is 0.0497 e. The molecule has 0 bridgehead atoms. The third-order valence-electron chi connectivity index (χ3n) is 3.34. The molecule has 0 unspecified atom stereocenters. The quantitative estimate of drug-likeness (QED) is 0.752. The van der Waals surface area contributed by atoms with Crippen molar-refractivity contribution in [1.82, 2.24) is 0 Å². The largest absolute Gasteiger partial charge is 0.396 e. The van der Waals surface area contributed by atoms with E-state index in [0.717, 1.165) is 12.8 Å². The average molecular weight is 289 g/mol. The molecular weight excluding hydrogens is 267 g/mol. The summed E-state index contributed by atoms with van der Waals surface area (Å²) in [6, 6.07) is 8.43. The summed E-state index contributed by atoms with van der Waals surface area (Å²) in [5, 5.41) is 9.47. The Morgan fingerprint density at radius 1 is 1.33 bits per heavy atom. The first kappa shape index (κ1) is 15.8. The first-order valence-corrected chi connectivity index (χ1v) is 7.40. The molecule has 0 spiro atoms. The van der Waals surface area contributed by atoms with Gasteiger partial charge in [0.15, 0.2) is 0 Å². The highest BCUT2D eigenvalue weighted by Crippen LogP contribution is 2.23. The van der Waals surface area contributed by atoms with Crippen LogP contribution in [0.1, 0.15) is 24.5 Å². The first-order chi connectivity index (χ1) is 8.56. The van der Waals surface area contributed by atoms with Crippen LogP contribution in [0.4, 0.5) is 0 Å². The fraction of sp³-hybridized carbons (Fsp3) is 0.600. The molecule has 102 valence electrons. The fourth-order valence-electron chi connectivity index (χ4n) is 2.22. The second kappa shape index (κ2) is 8.04. The van der Waals surface area contributed by atoms with Crippen LogP contribution in [0.3, 0.4) is 0 Å². The minimum absolute atomic E-state index is 0.0155. The van der Waals surface area contributed by atoms with Crippen LogP contribution in [0.2, 0.25) is 0 Å². The zero-order chi connectivity index (χ0) is 13.5. The molecule has 0 saturated carbocycles. The van der Waals surface area contributed by atoms with Gasteiger partial charge in [0.1, 0.15) is 0 Å². The van der Waals surface area contributed by atoms with Crippen LogP contribution in [0.25, 0.3) is 0 Å². The molecule has 0 amide bonds. The molecule has 0 heterocycles. The standard InChI is InChI=1S/C15H22Cl2O/c1-11-4-3-5-13(6-11)8-14(10-18)7-12(2)15(17)9-16/h3-6,12,14-15,18H,7-10H2,1-2H3/t12-,14+,15-/m0/s1. The summed E-state index contributed by atoms with van der Waals surface area (Å²) in [5.41, 5.74) is 2.53. The summed E-state index contributed by atoms with van der Waals surface area (Å²) in [7, 11) is 0. The molecule has 0 radical (unpaired) electrons. The second-order valence-electron chi connectivity index (χ2n) is 5.13. The van der Waals surface area contributed by atoms with E-state index in [-0.39, 0.29) is 17.9 Å². The lowest BCUT2D eigenvalue weighted by molar-refractivity contribution is 0.202. The molecular formula is C15H22Cl2O. The monoisotopic (exact) mass is 288 g/mol. The van der Waals surface area contributed by atoms with Gasteiger partial charge in [-0.2, -0.15) is 0 Å². The third kappa shape index (κ3) is 5.17. The molecule has 0 aliphatic rings. The summed E-state index contributed by atoms with van der Waals surface area (Å²) in [5.74, 6) is 1.04. The molecule has 1 aromatic carbocycles. The minimum atomic E-state index is -0.0155. The molecule has 0 saturated heterocycles. The first-order valence-electron chi connectivity index (χ1n) is 6.43. The predicted octanol–water partition coefficient (Wildman–Crippen LogP) is 4.02. The van der Waals surface area contributed by atoms with Crippen molar-refractivity contribution < 1.29 is 5.11 Å². The van der Waals surface area contributed by atoms with Crippen LogP contribution < -0.4 is 0 Å². The lowest BCUT2D eigenvalue weighted by Crippen LogP contribution is -2.20. The van der Waals surface area contributed by atoms with Gasteiger partial charge in [0.25, 0.3) is 0 Å². The fourth-order valence-corrected chi connectivity index (χ4v) is 2.63. The van der Waals surface area contributed by atoms with Crippen LogP contribution >= 0.6 is 23.2 Å². The molecule has 3 atom stereocenters. The van der Waals surface area contributed by atoms with Crippen LogP contribution in [-0.2, 0) is 6.42 Å². The van der Waals surface area contributed by atoms with Gasteiger partial charge in [-0.1, -0.05) is 36.8 Å². The zero-order valence-corrected chi connectivity index (χ0v) is 12.6. The number of benzene rings is 1. The molecule has 1 rings (SSSR count). The number of hydrogen-bond acceptors (Lipinski definition) is 1. The summed E-state index contributed by atoms with van der Waals surface area (Å²) in [4.78, 5) is 0. The van der Waals surface area contributed by atoms with E-state index >= 15 is 0 Å². The Morgan fingerprint density at radius 3 is 2.61 bits per heavy atom. The second-order valence-corrected chi connectivity index (χ2v) is 5.99. The van der Waals surface area contributed by atoms with Crippen molar-refractivity contribution in [3.05, 3.63) is 35.4 Å². The topological polar surface area (TPSA) is 20.2 Å². The van der Waals surface area contributed by atoms with E-state index < -0.39 is 0 Å². The Labute approximate surface area is 120 Å². The average Bonchev–Trinajstić information content (AvgIpc) is 2.36. The Balaban J connectivity index is 2.57. The minimum Gasteiger partial charge on any atom is -0.396 e. The molecule has 1 N–H and O–H groups in total. The van der Waals surface area contributed by atoms with Crippen molar-refractivity contribution in [2.24, 2.45) is 11.8 Å². The summed E-state index contributed by atoms with van der Waals surface area (Å²) >= 11 is 11.9. The predicted molar refractivity (Wildman–Crippen MR) is 79.6 cm³/mol. The van der Waals surface area contributed by atoms with E-state index in [4.69, 9.17) is 23.2 Å². The van der Waals surface area contributed by atoms with Gasteiger partial charge in [-0.25, -0.2) is 0 Å². The van der Waals surface area contributed by atoms with E-state index in [0.29, 0.717) is 11.8 Å². The number of halogens is 2. The van der Waals surface area contributed by atoms with E-state index in [1.165, 1.54) is 11.1 Å². The van der Waals surface area contributed by atoms with Crippen molar-refractivity contribution in [1.29, 1.82) is 0 Å². The van der Waals surface area contributed by atoms with Crippen molar-refractivity contribution in [3.63, 3.8) is 0 Å². The lowest BCUT2D eigenvalue weighted by atomic mass is 9.89. The summed E-state index contributed by atoms with van der Waals surface area (Å²) < 4.78 is 0. The van der Waals surface area contributed by atoms with Gasteiger partial charge >= 0.3 is 0 Å². The Morgan fingerprint density at radius 2 is 2.06 bits per heavy atom. The molecule has 0 aromatic heterocycles. The SMILES string of the molecule is Cc1cccc(C[C@H](CO)C[C@H](C)[C@@H](Cl)CCl)c1. The van der Waals surface area contributed by atoms with Gasteiger partial charge in [-0.05, 0) is 37.2 Å². The highest BCUT2D eigenvalue weighted by atomic mass is 35.5. The number of aliphatic hydroxyl groups excluding tert-OH is 1. The van der Waals surface area contributed by atoms with Crippen molar-refractivity contribution in [2.45, 2.75) is 32.1 Å². The molecule has 1 nitrogen and oxygen atoms in total. The van der Waals surface area contributed by atoms with E-state index in [1.54, 1.807) is 0 Å². The highest BCUT2D eigenvalue weighted by Gasteiger charge is 2.19. The highest BCUT2D eigenvalue weighted by molar-refractivity contribution is 6.28. The molecule has 18 heavy (non-hydrogen) atoms. The van der Waals surface area contributed by atoms with Crippen molar-refractivity contribution >= 4 is 23.2 Å². The van der Waals surface area contributed by atoms with E-state index in [9.17, 15) is 5.11 Å². The Kier molecular flexibility index (Phi) is 7.06. The van der Waals surface area contributed by atoms with Gasteiger partial charge in [-0.3, -0.25) is 0 Å². The number of rotatable bonds is 7. The third-order valence-corrected chi connectivity index (χ3v) is 4.41. The summed E-state index contributed by atoms with van der Waals surface area (Å²) in [6.07, 6.45) is 1.81. The number of alkyl halides is 2. The van der Waals surface area contributed by atoms with Crippen LogP contribution in [0.15, 0.2) is 24.3 Å². The molecule has 3 heteroatoms. The molecule has 0 fully saturated rings. The smallest absolute Gasteiger partial charge is 0.0497 e. The van der Waals surface area contributed by atoms with Crippen molar-refractivity contribution in [3.8, 4) is 0 Å². The molecule has 1 aromatic rings. The number of aliphatic hydroxyl groups is 1. The van der Waals surface area contributed by atoms with Crippen LogP contribution in [0, 0.1) is 18.8 Å². The maximum atomic E-state index is 9.48. The lowest BCUT2D eigenvalue weighted by Gasteiger charge is -2.21.